The molecular weight excluding hydrogens is 294 g/mol. The molecule has 6 nitrogen and oxygen atoms in total. The highest BCUT2D eigenvalue weighted by Crippen LogP contribution is 2.32. The second-order valence-electron chi connectivity index (χ2n) is 6.23. The van der Waals surface area contributed by atoms with E-state index in [0.717, 1.165) is 37.3 Å². The van der Waals surface area contributed by atoms with Crippen LogP contribution in [0.5, 0.6) is 0 Å². The molecule has 0 saturated carbocycles. The van der Waals surface area contributed by atoms with E-state index in [-0.39, 0.29) is 31.1 Å². The Morgan fingerprint density at radius 1 is 1.17 bits per heavy atom. The van der Waals surface area contributed by atoms with Crippen LogP contribution in [0.2, 0.25) is 0 Å². The van der Waals surface area contributed by atoms with Gasteiger partial charge in [0, 0.05) is 20.1 Å². The van der Waals surface area contributed by atoms with E-state index in [4.69, 9.17) is 4.74 Å². The summed E-state index contributed by atoms with van der Waals surface area (Å²) in [6.45, 7) is 2.09. The minimum absolute atomic E-state index is 0.0275. The number of likely N-dealkylation sites (N-methyl/N-ethyl adjacent to an activating group) is 1. The highest BCUT2D eigenvalue weighted by molar-refractivity contribution is 6.11. The lowest BCUT2D eigenvalue weighted by Gasteiger charge is -2.34. The second-order valence-corrected chi connectivity index (χ2v) is 6.23. The molecule has 2 aliphatic rings. The van der Waals surface area contributed by atoms with Gasteiger partial charge in [-0.05, 0) is 32.0 Å². The minimum atomic E-state index is -0.155. The number of fused-ring (bicyclic) bond motifs is 1. The van der Waals surface area contributed by atoms with Gasteiger partial charge < -0.3 is 14.5 Å². The standard InChI is InChI=1S/C17H23N3O3/c1-18-9-7-13(8-10-18)23-12-17(22)20-11-16(21)19(2)14-5-3-4-6-15(14)20/h3-6,13H,7-12H2,1-2H3. The zero-order chi connectivity index (χ0) is 16.4. The number of piperidine rings is 1. The van der Waals surface area contributed by atoms with E-state index in [1.165, 1.54) is 4.90 Å². The molecule has 0 radical (unpaired) electrons. The molecule has 2 heterocycles. The fourth-order valence-electron chi connectivity index (χ4n) is 3.08. The molecule has 2 aliphatic heterocycles. The van der Waals surface area contributed by atoms with Crippen LogP contribution in [0.4, 0.5) is 11.4 Å². The predicted molar refractivity (Wildman–Crippen MR) is 88.7 cm³/mol. The number of rotatable bonds is 3. The SMILES string of the molecule is CN1CCC(OCC(=O)N2CC(=O)N(C)c3ccccc32)CC1. The number of ether oxygens (including phenoxy) is 1. The van der Waals surface area contributed by atoms with Crippen molar-refractivity contribution in [2.45, 2.75) is 18.9 Å². The minimum Gasteiger partial charge on any atom is -0.368 e. The van der Waals surface area contributed by atoms with Crippen LogP contribution in [0.15, 0.2) is 24.3 Å². The molecule has 2 amide bonds. The summed E-state index contributed by atoms with van der Waals surface area (Å²) < 4.78 is 5.78. The maximum Gasteiger partial charge on any atom is 0.253 e. The Hall–Kier alpha value is -1.92. The van der Waals surface area contributed by atoms with Gasteiger partial charge in [-0.1, -0.05) is 12.1 Å². The van der Waals surface area contributed by atoms with E-state index in [1.54, 1.807) is 11.9 Å². The molecule has 0 unspecified atom stereocenters. The van der Waals surface area contributed by atoms with E-state index >= 15 is 0 Å². The Kier molecular flexibility index (Phi) is 4.63. The molecule has 3 rings (SSSR count). The van der Waals surface area contributed by atoms with Crippen molar-refractivity contribution in [3.63, 3.8) is 0 Å². The van der Waals surface area contributed by atoms with Gasteiger partial charge in [0.2, 0.25) is 5.91 Å². The molecule has 1 saturated heterocycles. The first-order valence-electron chi connectivity index (χ1n) is 8.02. The van der Waals surface area contributed by atoms with Crippen molar-refractivity contribution in [2.75, 3.05) is 50.1 Å². The molecule has 1 aromatic rings. The lowest BCUT2D eigenvalue weighted by molar-refractivity contribution is -0.128. The Morgan fingerprint density at radius 3 is 2.52 bits per heavy atom. The topological polar surface area (TPSA) is 53.1 Å². The highest BCUT2D eigenvalue weighted by atomic mass is 16.5. The maximum absolute atomic E-state index is 12.5. The largest absolute Gasteiger partial charge is 0.368 e. The third-order valence-electron chi connectivity index (χ3n) is 4.61. The number of amides is 2. The molecule has 0 spiro atoms. The van der Waals surface area contributed by atoms with Gasteiger partial charge in [0.15, 0.2) is 0 Å². The van der Waals surface area contributed by atoms with Gasteiger partial charge in [-0.3, -0.25) is 14.5 Å². The van der Waals surface area contributed by atoms with Crippen LogP contribution in [0, 0.1) is 0 Å². The maximum atomic E-state index is 12.5. The summed E-state index contributed by atoms with van der Waals surface area (Å²) in [6.07, 6.45) is 2.03. The van der Waals surface area contributed by atoms with Crippen molar-refractivity contribution in [1.29, 1.82) is 0 Å². The quantitative estimate of drug-likeness (QED) is 0.838. The summed E-state index contributed by atoms with van der Waals surface area (Å²) in [4.78, 5) is 30.0. The zero-order valence-electron chi connectivity index (χ0n) is 13.7. The van der Waals surface area contributed by atoms with E-state index in [1.807, 2.05) is 24.3 Å². The fourth-order valence-corrected chi connectivity index (χ4v) is 3.08. The number of para-hydroxylation sites is 2. The van der Waals surface area contributed by atoms with Gasteiger partial charge in [0.1, 0.15) is 13.2 Å². The third kappa shape index (κ3) is 3.38. The Labute approximate surface area is 136 Å². The summed E-state index contributed by atoms with van der Waals surface area (Å²) in [6, 6.07) is 7.46. The van der Waals surface area contributed by atoms with Gasteiger partial charge in [-0.25, -0.2) is 0 Å². The van der Waals surface area contributed by atoms with Gasteiger partial charge in [-0.15, -0.1) is 0 Å². The van der Waals surface area contributed by atoms with Crippen LogP contribution in [-0.2, 0) is 14.3 Å². The van der Waals surface area contributed by atoms with Crippen LogP contribution in [0.3, 0.4) is 0 Å². The smallest absolute Gasteiger partial charge is 0.253 e. The van der Waals surface area contributed by atoms with Crippen LogP contribution < -0.4 is 9.80 Å². The van der Waals surface area contributed by atoms with Gasteiger partial charge in [-0.2, -0.15) is 0 Å². The molecule has 0 aliphatic carbocycles. The molecule has 124 valence electrons. The molecule has 0 bridgehead atoms. The number of carbonyl (C=O) groups excluding carboxylic acids is 2. The molecule has 1 fully saturated rings. The van der Waals surface area contributed by atoms with Crippen LogP contribution in [0.25, 0.3) is 0 Å². The van der Waals surface area contributed by atoms with Crippen molar-refractivity contribution in [1.82, 2.24) is 4.90 Å². The number of likely N-dealkylation sites (tertiary alicyclic amines) is 1. The molecule has 0 aromatic heterocycles. The third-order valence-corrected chi connectivity index (χ3v) is 4.61. The number of benzene rings is 1. The number of carbonyl (C=O) groups is 2. The summed E-state index contributed by atoms with van der Waals surface area (Å²) in [7, 11) is 3.83. The van der Waals surface area contributed by atoms with Crippen molar-refractivity contribution in [3.05, 3.63) is 24.3 Å². The van der Waals surface area contributed by atoms with Gasteiger partial charge in [0.05, 0.1) is 17.5 Å². The van der Waals surface area contributed by atoms with Gasteiger partial charge >= 0.3 is 0 Å². The van der Waals surface area contributed by atoms with Gasteiger partial charge in [0.25, 0.3) is 5.91 Å². The molecular formula is C17H23N3O3. The lowest BCUT2D eigenvalue weighted by Crippen LogP contribution is -2.48. The monoisotopic (exact) mass is 317 g/mol. The van der Waals surface area contributed by atoms with Crippen molar-refractivity contribution < 1.29 is 14.3 Å². The van der Waals surface area contributed by atoms with E-state index in [9.17, 15) is 9.59 Å². The van der Waals surface area contributed by atoms with Crippen LogP contribution >= 0.6 is 0 Å². The molecule has 6 heteroatoms. The number of hydrogen-bond acceptors (Lipinski definition) is 4. The second kappa shape index (κ2) is 6.68. The highest BCUT2D eigenvalue weighted by Gasteiger charge is 2.30. The van der Waals surface area contributed by atoms with Crippen molar-refractivity contribution >= 4 is 23.2 Å². The molecule has 23 heavy (non-hydrogen) atoms. The summed E-state index contributed by atoms with van der Waals surface area (Å²) in [5.41, 5.74) is 1.53. The Balaban J connectivity index is 1.65. The Bertz CT molecular complexity index is 597. The number of anilines is 2. The Morgan fingerprint density at radius 2 is 1.83 bits per heavy atom. The molecule has 0 atom stereocenters. The average Bonchev–Trinajstić information content (AvgIpc) is 2.57. The van der Waals surface area contributed by atoms with E-state index in [0.29, 0.717) is 0 Å². The van der Waals surface area contributed by atoms with Crippen LogP contribution in [-0.4, -0.2) is 63.2 Å². The normalized spacial score (nSPS) is 19.8. The first-order valence-corrected chi connectivity index (χ1v) is 8.02. The van der Waals surface area contributed by atoms with Crippen molar-refractivity contribution in [3.8, 4) is 0 Å². The number of hydrogen-bond donors (Lipinski definition) is 0. The molecule has 1 aromatic carbocycles. The summed E-state index contributed by atoms with van der Waals surface area (Å²) >= 11 is 0. The van der Waals surface area contributed by atoms with E-state index in [2.05, 4.69) is 11.9 Å². The molecule has 0 N–H and O–H groups in total. The summed E-state index contributed by atoms with van der Waals surface area (Å²) in [5.74, 6) is -0.242. The van der Waals surface area contributed by atoms with E-state index < -0.39 is 0 Å². The average molecular weight is 317 g/mol. The predicted octanol–water partition coefficient (Wildman–Crippen LogP) is 1.11. The zero-order valence-corrected chi connectivity index (χ0v) is 13.7. The lowest BCUT2D eigenvalue weighted by atomic mass is 10.1. The van der Waals surface area contributed by atoms with Crippen LogP contribution in [0.1, 0.15) is 12.8 Å². The van der Waals surface area contributed by atoms with Crippen molar-refractivity contribution in [2.24, 2.45) is 0 Å². The number of nitrogens with zero attached hydrogens (tertiary/aromatic N) is 3. The first kappa shape index (κ1) is 16.0. The fraction of sp³-hybridized carbons (Fsp3) is 0.529. The first-order chi connectivity index (χ1) is 11.1. The summed E-state index contributed by atoms with van der Waals surface area (Å²) in [5, 5.41) is 0.